The summed E-state index contributed by atoms with van der Waals surface area (Å²) in [5, 5.41) is 15.5. The second kappa shape index (κ2) is 3.73. The van der Waals surface area contributed by atoms with Crippen LogP contribution in [0.2, 0.25) is 0 Å². The summed E-state index contributed by atoms with van der Waals surface area (Å²) in [6, 6.07) is 3.69. The first-order valence-corrected chi connectivity index (χ1v) is 5.50. The molecule has 0 saturated carbocycles. The summed E-state index contributed by atoms with van der Waals surface area (Å²) in [5.41, 5.74) is 8.61. The molecule has 0 aliphatic rings. The van der Waals surface area contributed by atoms with Gasteiger partial charge >= 0.3 is 0 Å². The first kappa shape index (κ1) is 10.6. The molecule has 0 aliphatic heterocycles. The molecule has 3 heterocycles. The Bertz CT molecular complexity index is 688. The molecule has 3 N–H and O–H groups in total. The smallest absolute Gasteiger partial charge is 0.177 e. The molecule has 0 saturated heterocycles. The van der Waals surface area contributed by atoms with Gasteiger partial charge in [0.15, 0.2) is 5.82 Å². The monoisotopic (exact) mass is 243 g/mol. The first-order chi connectivity index (χ1) is 8.63. The van der Waals surface area contributed by atoms with Gasteiger partial charge in [0, 0.05) is 36.6 Å². The molecule has 0 bridgehead atoms. The number of anilines is 1. The molecule has 0 amide bonds. The Labute approximate surface area is 103 Å². The molecule has 7 heteroatoms. The van der Waals surface area contributed by atoms with Gasteiger partial charge in [-0.05, 0) is 6.92 Å². The lowest BCUT2D eigenvalue weighted by atomic mass is 10.2. The standard InChI is InChI=1S/C11H13N7/c1-7-3-11(15-14-7)18-10(12)4-9(16-18)8-5-13-17(2)6-8/h3-6H,12H2,1-2H3,(H,14,15). The first-order valence-electron chi connectivity index (χ1n) is 5.50. The molecule has 92 valence electrons. The number of aromatic amines is 1. The predicted molar refractivity (Wildman–Crippen MR) is 67.1 cm³/mol. The van der Waals surface area contributed by atoms with Crippen molar-refractivity contribution in [2.24, 2.45) is 7.05 Å². The fraction of sp³-hybridized carbons (Fsp3) is 0.182. The van der Waals surface area contributed by atoms with Crippen LogP contribution in [0.3, 0.4) is 0 Å². The van der Waals surface area contributed by atoms with Crippen LogP contribution in [-0.4, -0.2) is 29.8 Å². The Morgan fingerprint density at radius 1 is 1.33 bits per heavy atom. The third-order valence-electron chi connectivity index (χ3n) is 2.65. The van der Waals surface area contributed by atoms with Gasteiger partial charge in [-0.25, -0.2) is 0 Å². The molecule has 3 aromatic heterocycles. The number of hydrogen-bond acceptors (Lipinski definition) is 4. The maximum absolute atomic E-state index is 5.95. The van der Waals surface area contributed by atoms with Crippen LogP contribution in [0.15, 0.2) is 24.5 Å². The van der Waals surface area contributed by atoms with Gasteiger partial charge in [0.1, 0.15) is 5.82 Å². The van der Waals surface area contributed by atoms with Crippen LogP contribution in [-0.2, 0) is 7.05 Å². The Kier molecular flexibility index (Phi) is 2.19. The van der Waals surface area contributed by atoms with Crippen LogP contribution in [0.5, 0.6) is 0 Å². The van der Waals surface area contributed by atoms with Crippen molar-refractivity contribution in [2.45, 2.75) is 6.92 Å². The highest BCUT2D eigenvalue weighted by Gasteiger charge is 2.11. The maximum atomic E-state index is 5.95. The number of nitrogens with zero attached hydrogens (tertiary/aromatic N) is 5. The number of aromatic nitrogens is 6. The van der Waals surface area contributed by atoms with Crippen molar-refractivity contribution in [1.29, 1.82) is 0 Å². The van der Waals surface area contributed by atoms with Gasteiger partial charge in [-0.15, -0.1) is 0 Å². The van der Waals surface area contributed by atoms with E-state index in [1.54, 1.807) is 21.6 Å². The molecule has 0 radical (unpaired) electrons. The average molecular weight is 243 g/mol. The number of nitrogen functional groups attached to an aromatic ring is 1. The van der Waals surface area contributed by atoms with E-state index in [1.807, 2.05) is 26.2 Å². The van der Waals surface area contributed by atoms with Crippen molar-refractivity contribution in [3.8, 4) is 17.1 Å². The van der Waals surface area contributed by atoms with Gasteiger partial charge in [-0.3, -0.25) is 9.78 Å². The minimum absolute atomic E-state index is 0.542. The van der Waals surface area contributed by atoms with Crippen LogP contribution in [0.25, 0.3) is 17.1 Å². The quantitative estimate of drug-likeness (QED) is 0.699. The van der Waals surface area contributed by atoms with Gasteiger partial charge in [0.2, 0.25) is 0 Å². The minimum Gasteiger partial charge on any atom is -0.384 e. The number of H-pyrrole nitrogens is 1. The van der Waals surface area contributed by atoms with Crippen LogP contribution >= 0.6 is 0 Å². The van der Waals surface area contributed by atoms with Crippen molar-refractivity contribution >= 4 is 5.82 Å². The lowest BCUT2D eigenvalue weighted by Crippen LogP contribution is -2.01. The number of nitrogens with one attached hydrogen (secondary N) is 1. The fourth-order valence-corrected chi connectivity index (χ4v) is 1.79. The van der Waals surface area contributed by atoms with Gasteiger partial charge < -0.3 is 5.73 Å². The summed E-state index contributed by atoms with van der Waals surface area (Å²) in [6.45, 7) is 1.93. The van der Waals surface area contributed by atoms with E-state index in [1.165, 1.54) is 0 Å². The maximum Gasteiger partial charge on any atom is 0.177 e. The summed E-state index contributed by atoms with van der Waals surface area (Å²) in [4.78, 5) is 0. The average Bonchev–Trinajstić information content (AvgIpc) is 2.99. The summed E-state index contributed by atoms with van der Waals surface area (Å²) < 4.78 is 3.33. The Balaban J connectivity index is 2.06. The highest BCUT2D eigenvalue weighted by atomic mass is 15.4. The number of aryl methyl sites for hydroxylation is 2. The zero-order valence-corrected chi connectivity index (χ0v) is 10.1. The van der Waals surface area contributed by atoms with Crippen molar-refractivity contribution in [3.05, 3.63) is 30.2 Å². The predicted octanol–water partition coefficient (Wildman–Crippen LogP) is 0.887. The molecule has 3 rings (SSSR count). The summed E-state index contributed by atoms with van der Waals surface area (Å²) in [6.07, 6.45) is 3.64. The number of hydrogen-bond donors (Lipinski definition) is 2. The third kappa shape index (κ3) is 1.65. The van der Waals surface area contributed by atoms with Crippen molar-refractivity contribution < 1.29 is 0 Å². The Morgan fingerprint density at radius 3 is 2.78 bits per heavy atom. The van der Waals surface area contributed by atoms with Crippen LogP contribution in [0.1, 0.15) is 5.69 Å². The summed E-state index contributed by atoms with van der Waals surface area (Å²) in [7, 11) is 1.86. The molecular formula is C11H13N7. The molecular weight excluding hydrogens is 230 g/mol. The van der Waals surface area contributed by atoms with E-state index in [0.29, 0.717) is 11.6 Å². The zero-order valence-electron chi connectivity index (χ0n) is 10.1. The van der Waals surface area contributed by atoms with Crippen LogP contribution in [0.4, 0.5) is 5.82 Å². The number of rotatable bonds is 2. The van der Waals surface area contributed by atoms with Crippen LogP contribution < -0.4 is 5.73 Å². The van der Waals surface area contributed by atoms with Gasteiger partial charge in [0.05, 0.1) is 11.9 Å². The van der Waals surface area contributed by atoms with E-state index < -0.39 is 0 Å². The van der Waals surface area contributed by atoms with Gasteiger partial charge in [-0.2, -0.15) is 20.0 Å². The third-order valence-corrected chi connectivity index (χ3v) is 2.65. The van der Waals surface area contributed by atoms with Crippen molar-refractivity contribution in [3.63, 3.8) is 0 Å². The Morgan fingerprint density at radius 2 is 2.17 bits per heavy atom. The van der Waals surface area contributed by atoms with Crippen molar-refractivity contribution in [2.75, 3.05) is 5.73 Å². The minimum atomic E-state index is 0.542. The van der Waals surface area contributed by atoms with Crippen molar-refractivity contribution in [1.82, 2.24) is 29.8 Å². The van der Waals surface area contributed by atoms with E-state index in [9.17, 15) is 0 Å². The number of nitrogens with two attached hydrogens (primary N) is 1. The normalized spacial score (nSPS) is 11.0. The molecule has 3 aromatic rings. The molecule has 0 fully saturated rings. The molecule has 0 aromatic carbocycles. The largest absolute Gasteiger partial charge is 0.384 e. The van der Waals surface area contributed by atoms with Gasteiger partial charge in [0.25, 0.3) is 0 Å². The molecule has 0 spiro atoms. The zero-order chi connectivity index (χ0) is 12.7. The second-order valence-corrected chi connectivity index (χ2v) is 4.18. The summed E-state index contributed by atoms with van der Waals surface area (Å²) >= 11 is 0. The molecule has 7 nitrogen and oxygen atoms in total. The molecule has 0 atom stereocenters. The SMILES string of the molecule is Cc1cc(-n2nc(-c3cnn(C)c3)cc2N)n[nH]1. The topological polar surface area (TPSA) is 90.3 Å². The lowest BCUT2D eigenvalue weighted by Gasteiger charge is -1.96. The summed E-state index contributed by atoms with van der Waals surface area (Å²) in [5.74, 6) is 1.22. The lowest BCUT2D eigenvalue weighted by molar-refractivity contribution is 0.768. The van der Waals surface area contributed by atoms with E-state index in [4.69, 9.17) is 5.73 Å². The molecule has 18 heavy (non-hydrogen) atoms. The van der Waals surface area contributed by atoms with Crippen LogP contribution in [0, 0.1) is 6.92 Å². The highest BCUT2D eigenvalue weighted by molar-refractivity contribution is 5.61. The second-order valence-electron chi connectivity index (χ2n) is 4.18. The van der Waals surface area contributed by atoms with E-state index in [2.05, 4.69) is 20.4 Å². The molecule has 0 unspecified atom stereocenters. The Hall–Kier alpha value is -2.57. The fourth-order valence-electron chi connectivity index (χ4n) is 1.79. The van der Waals surface area contributed by atoms with Gasteiger partial charge in [-0.1, -0.05) is 0 Å². The van der Waals surface area contributed by atoms with E-state index in [-0.39, 0.29) is 0 Å². The van der Waals surface area contributed by atoms with E-state index in [0.717, 1.165) is 17.0 Å². The molecule has 0 aliphatic carbocycles. The van der Waals surface area contributed by atoms with E-state index >= 15 is 0 Å². The highest BCUT2D eigenvalue weighted by Crippen LogP contribution is 2.21.